The maximum atomic E-state index is 13.6. The SMILES string of the molecule is CCOC(=O)CC(c1cc(F)cc(Cl)c1)N1CCCCC1. The molecule has 2 rings (SSSR count). The first kappa shape index (κ1) is 16.2. The van der Waals surface area contributed by atoms with Gasteiger partial charge < -0.3 is 4.74 Å². The highest BCUT2D eigenvalue weighted by atomic mass is 35.5. The molecule has 0 saturated carbocycles. The molecule has 1 atom stereocenters. The van der Waals surface area contributed by atoms with Crippen molar-refractivity contribution in [1.29, 1.82) is 0 Å². The van der Waals surface area contributed by atoms with E-state index < -0.39 is 0 Å². The van der Waals surface area contributed by atoms with Gasteiger partial charge in [-0.1, -0.05) is 18.0 Å². The minimum Gasteiger partial charge on any atom is -0.466 e. The number of halogens is 2. The minimum atomic E-state index is -0.372. The molecule has 116 valence electrons. The highest BCUT2D eigenvalue weighted by Crippen LogP contribution is 2.30. The number of piperidine rings is 1. The van der Waals surface area contributed by atoms with Crippen molar-refractivity contribution in [2.24, 2.45) is 0 Å². The predicted molar refractivity (Wildman–Crippen MR) is 80.8 cm³/mol. The van der Waals surface area contributed by atoms with Gasteiger partial charge >= 0.3 is 5.97 Å². The van der Waals surface area contributed by atoms with Crippen molar-refractivity contribution in [3.63, 3.8) is 0 Å². The highest BCUT2D eigenvalue weighted by Gasteiger charge is 2.26. The fourth-order valence-electron chi connectivity index (χ4n) is 2.83. The van der Waals surface area contributed by atoms with E-state index in [1.54, 1.807) is 13.0 Å². The number of ether oxygens (including phenoxy) is 1. The van der Waals surface area contributed by atoms with Crippen molar-refractivity contribution in [2.45, 2.75) is 38.6 Å². The number of benzene rings is 1. The Bertz CT molecular complexity index is 469. The summed E-state index contributed by atoms with van der Waals surface area (Å²) in [5, 5.41) is 0.357. The molecule has 21 heavy (non-hydrogen) atoms. The molecule has 1 aliphatic heterocycles. The van der Waals surface area contributed by atoms with Crippen molar-refractivity contribution < 1.29 is 13.9 Å². The summed E-state index contributed by atoms with van der Waals surface area (Å²) in [6, 6.07) is 4.31. The molecule has 1 aliphatic rings. The van der Waals surface area contributed by atoms with E-state index in [4.69, 9.17) is 16.3 Å². The van der Waals surface area contributed by atoms with Gasteiger partial charge in [0, 0.05) is 11.1 Å². The van der Waals surface area contributed by atoms with E-state index in [9.17, 15) is 9.18 Å². The summed E-state index contributed by atoms with van der Waals surface area (Å²) in [6.07, 6.45) is 3.63. The Kier molecular flexibility index (Phi) is 6.00. The molecule has 1 unspecified atom stereocenters. The van der Waals surface area contributed by atoms with Crippen LogP contribution in [0.15, 0.2) is 18.2 Å². The second kappa shape index (κ2) is 7.76. The van der Waals surface area contributed by atoms with Gasteiger partial charge in [0.2, 0.25) is 0 Å². The van der Waals surface area contributed by atoms with Crippen LogP contribution in [0.5, 0.6) is 0 Å². The maximum absolute atomic E-state index is 13.6. The fourth-order valence-corrected chi connectivity index (χ4v) is 3.06. The summed E-state index contributed by atoms with van der Waals surface area (Å²) in [6.45, 7) is 3.97. The van der Waals surface area contributed by atoms with Crippen LogP contribution in [0.2, 0.25) is 5.02 Å². The van der Waals surface area contributed by atoms with Crippen LogP contribution in [0.3, 0.4) is 0 Å². The molecule has 1 saturated heterocycles. The van der Waals surface area contributed by atoms with Crippen LogP contribution in [-0.2, 0) is 9.53 Å². The Labute approximate surface area is 130 Å². The van der Waals surface area contributed by atoms with Gasteiger partial charge in [-0.15, -0.1) is 0 Å². The first-order valence-electron chi connectivity index (χ1n) is 7.46. The van der Waals surface area contributed by atoms with Crippen molar-refractivity contribution in [2.75, 3.05) is 19.7 Å². The fraction of sp³-hybridized carbons (Fsp3) is 0.562. The van der Waals surface area contributed by atoms with Gasteiger partial charge in [-0.2, -0.15) is 0 Å². The summed E-state index contributed by atoms with van der Waals surface area (Å²) in [7, 11) is 0. The second-order valence-electron chi connectivity index (χ2n) is 5.32. The summed E-state index contributed by atoms with van der Waals surface area (Å²) >= 11 is 5.96. The number of carbonyl (C=O) groups is 1. The largest absolute Gasteiger partial charge is 0.466 e. The number of likely N-dealkylation sites (tertiary alicyclic amines) is 1. The van der Waals surface area contributed by atoms with Crippen LogP contribution in [0.25, 0.3) is 0 Å². The summed E-state index contributed by atoms with van der Waals surface area (Å²) in [5.74, 6) is -0.628. The third-order valence-corrected chi connectivity index (χ3v) is 3.98. The van der Waals surface area contributed by atoms with Gasteiger partial charge in [-0.3, -0.25) is 9.69 Å². The Hall–Kier alpha value is -1.13. The lowest BCUT2D eigenvalue weighted by atomic mass is 9.99. The lowest BCUT2D eigenvalue weighted by Crippen LogP contribution is -2.35. The number of rotatable bonds is 5. The van der Waals surface area contributed by atoms with Gasteiger partial charge in [0.15, 0.2) is 0 Å². The van der Waals surface area contributed by atoms with E-state index in [-0.39, 0.29) is 24.2 Å². The normalized spacial score (nSPS) is 17.5. The zero-order valence-corrected chi connectivity index (χ0v) is 13.0. The van der Waals surface area contributed by atoms with Crippen LogP contribution in [0.1, 0.15) is 44.2 Å². The maximum Gasteiger partial charge on any atom is 0.307 e. The van der Waals surface area contributed by atoms with Gasteiger partial charge in [0.1, 0.15) is 5.82 Å². The molecule has 1 aromatic rings. The molecule has 5 heteroatoms. The Balaban J connectivity index is 2.22. The molecule has 0 amide bonds. The van der Waals surface area contributed by atoms with E-state index in [0.29, 0.717) is 11.6 Å². The van der Waals surface area contributed by atoms with Crippen LogP contribution in [0, 0.1) is 5.82 Å². The predicted octanol–water partition coefficient (Wildman–Crippen LogP) is 3.96. The van der Waals surface area contributed by atoms with Gasteiger partial charge in [0.05, 0.1) is 13.0 Å². The first-order valence-corrected chi connectivity index (χ1v) is 7.83. The molecule has 1 aromatic carbocycles. The third kappa shape index (κ3) is 4.68. The summed E-state index contributed by atoms with van der Waals surface area (Å²) in [5.41, 5.74) is 0.745. The Morgan fingerprint density at radius 3 is 2.67 bits per heavy atom. The number of carbonyl (C=O) groups excluding carboxylic acids is 1. The smallest absolute Gasteiger partial charge is 0.307 e. The van der Waals surface area contributed by atoms with E-state index in [1.165, 1.54) is 18.6 Å². The molecule has 0 aromatic heterocycles. The topological polar surface area (TPSA) is 29.5 Å². The van der Waals surface area contributed by atoms with Crippen molar-refractivity contribution in [3.05, 3.63) is 34.6 Å². The van der Waals surface area contributed by atoms with Gasteiger partial charge in [-0.25, -0.2) is 4.39 Å². The average Bonchev–Trinajstić information content (AvgIpc) is 2.45. The molecule has 0 bridgehead atoms. The third-order valence-electron chi connectivity index (χ3n) is 3.77. The van der Waals surface area contributed by atoms with Crippen molar-refractivity contribution in [1.82, 2.24) is 4.90 Å². The number of nitrogens with zero attached hydrogens (tertiary/aromatic N) is 1. The lowest BCUT2D eigenvalue weighted by molar-refractivity contribution is -0.144. The quantitative estimate of drug-likeness (QED) is 0.771. The van der Waals surface area contributed by atoms with Crippen LogP contribution >= 0.6 is 11.6 Å². The molecule has 0 aliphatic carbocycles. The van der Waals surface area contributed by atoms with Crippen molar-refractivity contribution in [3.8, 4) is 0 Å². The number of esters is 1. The number of hydrogen-bond acceptors (Lipinski definition) is 3. The zero-order valence-electron chi connectivity index (χ0n) is 12.3. The van der Waals surface area contributed by atoms with Gasteiger partial charge in [0.25, 0.3) is 0 Å². The lowest BCUT2D eigenvalue weighted by Gasteiger charge is -2.34. The van der Waals surface area contributed by atoms with Crippen LogP contribution in [0.4, 0.5) is 4.39 Å². The Morgan fingerprint density at radius 1 is 1.33 bits per heavy atom. The molecule has 3 nitrogen and oxygen atoms in total. The van der Waals surface area contributed by atoms with Crippen LogP contribution < -0.4 is 0 Å². The molecule has 0 N–H and O–H groups in total. The van der Waals surface area contributed by atoms with E-state index in [0.717, 1.165) is 31.5 Å². The van der Waals surface area contributed by atoms with Crippen molar-refractivity contribution >= 4 is 17.6 Å². The molecule has 1 fully saturated rings. The molecular formula is C16H21ClFNO2. The first-order chi connectivity index (χ1) is 10.1. The molecule has 0 radical (unpaired) electrons. The minimum absolute atomic E-state index is 0.169. The second-order valence-corrected chi connectivity index (χ2v) is 5.76. The number of hydrogen-bond donors (Lipinski definition) is 0. The molecular weight excluding hydrogens is 293 g/mol. The van der Waals surface area contributed by atoms with Crippen LogP contribution in [-0.4, -0.2) is 30.6 Å². The van der Waals surface area contributed by atoms with E-state index in [2.05, 4.69) is 4.90 Å². The summed E-state index contributed by atoms with van der Waals surface area (Å²) in [4.78, 5) is 14.1. The van der Waals surface area contributed by atoms with E-state index in [1.807, 2.05) is 0 Å². The highest BCUT2D eigenvalue weighted by molar-refractivity contribution is 6.30. The zero-order chi connectivity index (χ0) is 15.2. The monoisotopic (exact) mass is 313 g/mol. The van der Waals surface area contributed by atoms with Gasteiger partial charge in [-0.05, 0) is 56.6 Å². The van der Waals surface area contributed by atoms with E-state index >= 15 is 0 Å². The average molecular weight is 314 g/mol. The summed E-state index contributed by atoms with van der Waals surface area (Å²) < 4.78 is 18.7. The molecule has 0 spiro atoms. The standard InChI is InChI=1S/C16H21ClFNO2/c1-2-21-16(20)11-15(19-6-4-3-5-7-19)12-8-13(17)10-14(18)9-12/h8-10,15H,2-7,11H2,1H3. The Morgan fingerprint density at radius 2 is 2.05 bits per heavy atom. The molecule has 1 heterocycles.